The van der Waals surface area contributed by atoms with E-state index in [4.69, 9.17) is 51.1 Å². The molecular formula is C72H72Cl4F2N4O8. The zero-order valence-corrected chi connectivity index (χ0v) is 52.0. The van der Waals surface area contributed by atoms with Crippen molar-refractivity contribution in [3.63, 3.8) is 0 Å². The number of aryl methyl sites for hydroxylation is 2. The van der Waals surface area contributed by atoms with Gasteiger partial charge in [-0.2, -0.15) is 0 Å². The van der Waals surface area contributed by atoms with E-state index in [0.29, 0.717) is 65.0 Å². The van der Waals surface area contributed by atoms with Gasteiger partial charge in [0.25, 0.3) is 11.8 Å². The standard InChI is InChI=1S/C39H37Cl2FN2O4.C32H31Cl2FN2O4.CH4/c40-34-21-29-23-44(22-25-10-14-30(42)15-11-25)19-18-33(29)37(41)36(34)38(46)43-35(39(47)48-24-26-6-2-1-3-7-26)17-16-31(45)20-28-13-12-27-8-4-5-9-32(27)28;33-27-16-22-18-37(17-19-5-9-23(35)10-6-19)14-13-26(22)30(34)29(27)31(39)36-28(32(40)41)12-11-24(38)15-21-8-7-20-3-1-2-4-25(20)21;/h1-11,14-15,21,28,35H,12-13,16-20,22-24H2,(H,43,46);1-6,9-10,16,21,28H,7-8,11-15,17-18H2,(H,36,39)(H,40,41);1H4/t28-,35-;21-,28-;/m00./s1. The van der Waals surface area contributed by atoms with Crippen molar-refractivity contribution in [2.75, 3.05) is 13.1 Å². The van der Waals surface area contributed by atoms with Gasteiger partial charge in [-0.15, -0.1) is 0 Å². The number of rotatable bonds is 22. The molecule has 0 radical (unpaired) electrons. The molecule has 0 fully saturated rings. The van der Waals surface area contributed by atoms with Crippen LogP contribution in [0.4, 0.5) is 8.78 Å². The van der Waals surface area contributed by atoms with Crippen molar-refractivity contribution in [3.05, 3.63) is 244 Å². The van der Waals surface area contributed by atoms with Gasteiger partial charge in [0, 0.05) is 65.0 Å². The molecule has 4 atom stereocenters. The van der Waals surface area contributed by atoms with E-state index >= 15 is 0 Å². The molecule has 18 heteroatoms. The molecule has 7 aromatic carbocycles. The van der Waals surface area contributed by atoms with Crippen molar-refractivity contribution in [3.8, 4) is 0 Å². The maximum Gasteiger partial charge on any atom is 0.328 e. The SMILES string of the molecule is C.O=C(CC[C@H](NC(=O)c1c(Cl)cc2c(c1Cl)CCN(Cc1ccc(F)cc1)C2)C(=O)O)C[C@@H]1CCc2ccccc21.O=C(CC[C@H](NC(=O)c1c(Cl)cc2c(c1Cl)CCN(Cc1ccc(F)cc1)C2)C(=O)OCc1ccccc1)C[C@@H]1CCc2ccccc21. The molecule has 2 amide bonds. The Hall–Kier alpha value is -7.30. The highest BCUT2D eigenvalue weighted by Crippen LogP contribution is 2.39. The van der Waals surface area contributed by atoms with Gasteiger partial charge in [-0.05, 0) is 161 Å². The van der Waals surface area contributed by atoms with E-state index in [2.05, 4.69) is 44.7 Å². The van der Waals surface area contributed by atoms with Gasteiger partial charge in [0.2, 0.25) is 0 Å². The summed E-state index contributed by atoms with van der Waals surface area (Å²) < 4.78 is 32.2. The molecule has 0 saturated carbocycles. The lowest BCUT2D eigenvalue weighted by Crippen LogP contribution is -2.42. The zero-order chi connectivity index (χ0) is 62.7. The van der Waals surface area contributed by atoms with E-state index in [1.54, 1.807) is 36.4 Å². The summed E-state index contributed by atoms with van der Waals surface area (Å²) in [4.78, 5) is 82.6. The van der Waals surface area contributed by atoms with Gasteiger partial charge in [0.05, 0.1) is 31.2 Å². The minimum Gasteiger partial charge on any atom is -0.480 e. The lowest BCUT2D eigenvalue weighted by Gasteiger charge is -2.30. The number of nitrogens with one attached hydrogen (secondary N) is 2. The van der Waals surface area contributed by atoms with Crippen LogP contribution in [0.1, 0.15) is 153 Å². The maximum absolute atomic E-state index is 13.7. The monoisotopic (exact) mass is 1300 g/mol. The highest BCUT2D eigenvalue weighted by atomic mass is 35.5. The van der Waals surface area contributed by atoms with Crippen LogP contribution in [0.15, 0.2) is 140 Å². The Kier molecular flexibility index (Phi) is 23.2. The van der Waals surface area contributed by atoms with Crippen LogP contribution in [-0.4, -0.2) is 75.4 Å². The molecule has 90 heavy (non-hydrogen) atoms. The third-order valence-corrected chi connectivity index (χ3v) is 18.8. The summed E-state index contributed by atoms with van der Waals surface area (Å²) >= 11 is 26.7. The lowest BCUT2D eigenvalue weighted by atomic mass is 9.93. The van der Waals surface area contributed by atoms with Crippen LogP contribution in [0.25, 0.3) is 0 Å². The van der Waals surface area contributed by atoms with Crippen molar-refractivity contribution in [1.82, 2.24) is 20.4 Å². The van der Waals surface area contributed by atoms with Gasteiger partial charge in [0.1, 0.15) is 41.9 Å². The summed E-state index contributed by atoms with van der Waals surface area (Å²) in [5.41, 5.74) is 11.3. The first-order valence-corrected chi connectivity index (χ1v) is 31.6. The van der Waals surface area contributed by atoms with Crippen molar-refractivity contribution < 1.29 is 47.4 Å². The Morgan fingerprint density at radius 3 is 1.41 bits per heavy atom. The summed E-state index contributed by atoms with van der Waals surface area (Å²) in [5.74, 6) is -3.38. The fourth-order valence-electron chi connectivity index (χ4n) is 12.7. The number of amides is 2. The lowest BCUT2D eigenvalue weighted by molar-refractivity contribution is -0.147. The Morgan fingerprint density at radius 2 is 0.956 bits per heavy atom. The second-order valence-corrected chi connectivity index (χ2v) is 25.0. The van der Waals surface area contributed by atoms with E-state index in [9.17, 15) is 42.7 Å². The first kappa shape index (κ1) is 67.1. The van der Waals surface area contributed by atoms with Crippen molar-refractivity contribution in [1.29, 1.82) is 0 Å². The second kappa shape index (κ2) is 31.1. The predicted octanol–water partition coefficient (Wildman–Crippen LogP) is 15.0. The van der Waals surface area contributed by atoms with Gasteiger partial charge in [-0.1, -0.05) is 157 Å². The molecule has 470 valence electrons. The smallest absolute Gasteiger partial charge is 0.328 e. The largest absolute Gasteiger partial charge is 0.480 e. The van der Waals surface area contributed by atoms with Crippen LogP contribution >= 0.6 is 46.4 Å². The summed E-state index contributed by atoms with van der Waals surface area (Å²) in [5, 5.41) is 15.9. The Bertz CT molecular complexity index is 3760. The number of ether oxygens (including phenoxy) is 1. The summed E-state index contributed by atoms with van der Waals surface area (Å²) in [6.07, 6.45) is 5.86. The van der Waals surface area contributed by atoms with Crippen molar-refractivity contribution >= 4 is 81.7 Å². The molecule has 0 saturated heterocycles. The fourth-order valence-corrected chi connectivity index (χ4v) is 14.2. The van der Waals surface area contributed by atoms with E-state index in [1.807, 2.05) is 54.6 Å². The molecule has 2 aliphatic heterocycles. The van der Waals surface area contributed by atoms with Crippen LogP contribution in [0.3, 0.4) is 0 Å². The number of fused-ring (bicyclic) bond motifs is 4. The second-order valence-electron chi connectivity index (χ2n) is 23.5. The highest BCUT2D eigenvalue weighted by Gasteiger charge is 2.33. The number of carbonyl (C=O) groups excluding carboxylic acids is 5. The van der Waals surface area contributed by atoms with E-state index in [-0.39, 0.29) is 106 Å². The molecule has 0 bridgehead atoms. The van der Waals surface area contributed by atoms with Crippen LogP contribution < -0.4 is 10.6 Å². The number of carboxylic acids is 1. The molecule has 0 unspecified atom stereocenters. The number of halogens is 6. The Balaban J connectivity index is 0.000000214. The number of carboxylic acid groups (broad SMARTS) is 1. The molecule has 2 aliphatic carbocycles. The van der Waals surface area contributed by atoms with Crippen LogP contribution in [0, 0.1) is 11.6 Å². The van der Waals surface area contributed by atoms with E-state index in [0.717, 1.165) is 64.6 Å². The molecular weight excluding hydrogens is 1230 g/mol. The van der Waals surface area contributed by atoms with Gasteiger partial charge in [-0.3, -0.25) is 29.0 Å². The van der Waals surface area contributed by atoms with Crippen molar-refractivity contribution in [2.45, 2.75) is 141 Å². The first-order valence-electron chi connectivity index (χ1n) is 30.1. The normalized spacial score (nSPS) is 16.3. The number of hydrogen-bond acceptors (Lipinski definition) is 9. The van der Waals surface area contributed by atoms with Crippen LogP contribution in [-0.2, 0) is 82.4 Å². The summed E-state index contributed by atoms with van der Waals surface area (Å²) in [6, 6.07) is 39.5. The Morgan fingerprint density at radius 1 is 0.533 bits per heavy atom. The van der Waals surface area contributed by atoms with E-state index in [1.165, 1.54) is 46.5 Å². The van der Waals surface area contributed by atoms with Gasteiger partial charge >= 0.3 is 11.9 Å². The number of Topliss-reactive ketones (excluding diaryl/α,β-unsaturated/α-hetero) is 2. The van der Waals surface area contributed by atoms with Gasteiger partial charge < -0.3 is 20.5 Å². The fraction of sp³-hybridized carbons (Fsp3) is 0.333. The summed E-state index contributed by atoms with van der Waals surface area (Å²) in [6.45, 7) is 3.79. The first-order chi connectivity index (χ1) is 42.9. The number of benzene rings is 7. The minimum absolute atomic E-state index is 0. The third kappa shape index (κ3) is 17.0. The van der Waals surface area contributed by atoms with Crippen molar-refractivity contribution in [2.24, 2.45) is 0 Å². The molecule has 12 nitrogen and oxygen atoms in total. The molecule has 11 rings (SSSR count). The Labute approximate surface area is 544 Å². The number of aliphatic carboxylic acids is 1. The van der Waals surface area contributed by atoms with Crippen LogP contribution in [0.5, 0.6) is 0 Å². The number of nitrogens with zero attached hydrogens (tertiary/aromatic N) is 2. The average Bonchev–Trinajstić information content (AvgIpc) is 1.13. The number of ketones is 2. The maximum atomic E-state index is 13.7. The molecule has 0 spiro atoms. The molecule has 7 aromatic rings. The topological polar surface area (TPSA) is 162 Å². The predicted molar refractivity (Wildman–Crippen MR) is 347 cm³/mol. The minimum atomic E-state index is -1.25. The molecule has 2 heterocycles. The molecule has 4 aliphatic rings. The molecule has 3 N–H and O–H groups in total. The number of hydrogen-bond donors (Lipinski definition) is 3. The van der Waals surface area contributed by atoms with Gasteiger partial charge in [-0.25, -0.2) is 18.4 Å². The third-order valence-electron chi connectivity index (χ3n) is 17.4. The van der Waals surface area contributed by atoms with Gasteiger partial charge in [0.15, 0.2) is 0 Å². The quantitative estimate of drug-likeness (QED) is 0.0557. The zero-order valence-electron chi connectivity index (χ0n) is 49.0. The summed E-state index contributed by atoms with van der Waals surface area (Å²) in [7, 11) is 0. The number of esters is 1. The molecule has 0 aromatic heterocycles. The van der Waals surface area contributed by atoms with E-state index < -0.39 is 35.8 Å². The number of carbonyl (C=O) groups is 6. The highest BCUT2D eigenvalue weighted by molar-refractivity contribution is 6.41. The van der Waals surface area contributed by atoms with Crippen LogP contribution in [0.2, 0.25) is 20.1 Å². The average molecular weight is 1300 g/mol.